The highest BCUT2D eigenvalue weighted by molar-refractivity contribution is 5.85. The van der Waals surface area contributed by atoms with Crippen LogP contribution >= 0.6 is 12.4 Å². The normalized spacial score (nSPS) is 22.9. The predicted molar refractivity (Wildman–Crippen MR) is 102 cm³/mol. The Morgan fingerprint density at radius 3 is 2.88 bits per heavy atom. The summed E-state index contributed by atoms with van der Waals surface area (Å²) >= 11 is 0. The van der Waals surface area contributed by atoms with Crippen molar-refractivity contribution in [2.45, 2.75) is 26.0 Å². The number of nitrogens with zero attached hydrogens (tertiary/aromatic N) is 2. The summed E-state index contributed by atoms with van der Waals surface area (Å²) in [5, 5.41) is 3.53. The van der Waals surface area contributed by atoms with Crippen molar-refractivity contribution >= 4 is 12.4 Å². The summed E-state index contributed by atoms with van der Waals surface area (Å²) in [7, 11) is 0. The molecule has 2 aliphatic heterocycles. The Kier molecular flexibility index (Phi) is 5.94. The fourth-order valence-corrected chi connectivity index (χ4v) is 3.97. The Morgan fingerprint density at radius 1 is 1.16 bits per heavy atom. The van der Waals surface area contributed by atoms with Gasteiger partial charge in [-0.1, -0.05) is 24.3 Å². The van der Waals surface area contributed by atoms with Crippen LogP contribution in [0.2, 0.25) is 0 Å². The van der Waals surface area contributed by atoms with Gasteiger partial charge < -0.3 is 10.1 Å². The van der Waals surface area contributed by atoms with Crippen LogP contribution in [0, 0.1) is 5.41 Å². The molecule has 0 amide bonds. The van der Waals surface area contributed by atoms with Gasteiger partial charge in [0.1, 0.15) is 12.4 Å². The first-order chi connectivity index (χ1) is 11.8. The van der Waals surface area contributed by atoms with E-state index in [9.17, 15) is 0 Å². The predicted octanol–water partition coefficient (Wildman–Crippen LogP) is 3.27. The second kappa shape index (κ2) is 8.17. The van der Waals surface area contributed by atoms with E-state index < -0.39 is 0 Å². The van der Waals surface area contributed by atoms with Crippen LogP contribution in [-0.4, -0.2) is 36.1 Å². The van der Waals surface area contributed by atoms with Crippen molar-refractivity contribution in [2.24, 2.45) is 5.41 Å². The molecule has 5 heteroatoms. The van der Waals surface area contributed by atoms with Crippen molar-refractivity contribution in [3.8, 4) is 5.75 Å². The monoisotopic (exact) mass is 359 g/mol. The minimum Gasteiger partial charge on any atom is -0.489 e. The lowest BCUT2D eigenvalue weighted by atomic mass is 9.86. The minimum atomic E-state index is 0. The van der Waals surface area contributed by atoms with Crippen LogP contribution in [0.3, 0.4) is 0 Å². The van der Waals surface area contributed by atoms with E-state index in [1.807, 2.05) is 18.3 Å². The second-order valence-electron chi connectivity index (χ2n) is 7.15. The van der Waals surface area contributed by atoms with E-state index in [0.29, 0.717) is 12.0 Å². The maximum Gasteiger partial charge on any atom is 0.124 e. The maximum atomic E-state index is 6.07. The van der Waals surface area contributed by atoms with Crippen molar-refractivity contribution in [3.05, 3.63) is 59.9 Å². The number of hydrogen-bond acceptors (Lipinski definition) is 4. The van der Waals surface area contributed by atoms with Crippen LogP contribution in [0.5, 0.6) is 5.75 Å². The molecule has 1 spiro atoms. The first-order valence-corrected chi connectivity index (χ1v) is 8.86. The number of aromatic nitrogens is 1. The standard InChI is InChI=1S/C20H25N3O.ClH/c1-2-6-19(24-14-17-4-3-9-21-12-17)18(5-1)13-23-11-8-20(16-23)7-10-22-15-20;/h1-6,9,12,22H,7-8,10-11,13-16H2;1H. The lowest BCUT2D eigenvalue weighted by Gasteiger charge is -2.23. The van der Waals surface area contributed by atoms with E-state index in [1.165, 1.54) is 44.6 Å². The number of likely N-dealkylation sites (tertiary alicyclic amines) is 1. The third-order valence-electron chi connectivity index (χ3n) is 5.33. The highest BCUT2D eigenvalue weighted by atomic mass is 35.5. The van der Waals surface area contributed by atoms with E-state index in [-0.39, 0.29) is 12.4 Å². The van der Waals surface area contributed by atoms with Gasteiger partial charge in [-0.05, 0) is 43.5 Å². The van der Waals surface area contributed by atoms with Gasteiger partial charge in [0.05, 0.1) is 0 Å². The fourth-order valence-electron chi connectivity index (χ4n) is 3.97. The molecule has 2 saturated heterocycles. The molecule has 1 aromatic carbocycles. The van der Waals surface area contributed by atoms with Gasteiger partial charge in [-0.15, -0.1) is 12.4 Å². The lowest BCUT2D eigenvalue weighted by molar-refractivity contribution is 0.258. The molecule has 4 rings (SSSR count). The van der Waals surface area contributed by atoms with Crippen LogP contribution < -0.4 is 10.1 Å². The van der Waals surface area contributed by atoms with Gasteiger partial charge in [-0.25, -0.2) is 0 Å². The number of halogens is 1. The van der Waals surface area contributed by atoms with Crippen LogP contribution in [0.25, 0.3) is 0 Å². The molecule has 1 atom stereocenters. The molecule has 1 unspecified atom stereocenters. The largest absolute Gasteiger partial charge is 0.489 e. The maximum absolute atomic E-state index is 6.07. The van der Waals surface area contributed by atoms with Crippen molar-refractivity contribution in [1.29, 1.82) is 0 Å². The molecule has 1 N–H and O–H groups in total. The molecular weight excluding hydrogens is 334 g/mol. The highest BCUT2D eigenvalue weighted by Crippen LogP contribution is 2.37. The SMILES string of the molecule is Cl.c1cncc(COc2ccccc2CN2CCC3(CCNC3)C2)c1. The smallest absolute Gasteiger partial charge is 0.124 e. The Balaban J connectivity index is 0.00000182. The zero-order valence-corrected chi connectivity index (χ0v) is 15.3. The molecular formula is C20H26ClN3O. The third-order valence-corrected chi connectivity index (χ3v) is 5.33. The van der Waals surface area contributed by atoms with Crippen molar-refractivity contribution in [2.75, 3.05) is 26.2 Å². The van der Waals surface area contributed by atoms with Crippen LogP contribution in [-0.2, 0) is 13.2 Å². The average Bonchev–Trinajstić information content (AvgIpc) is 3.25. The van der Waals surface area contributed by atoms with E-state index in [1.54, 1.807) is 6.20 Å². The topological polar surface area (TPSA) is 37.4 Å². The number of ether oxygens (including phenoxy) is 1. The lowest BCUT2D eigenvalue weighted by Crippen LogP contribution is -2.29. The number of rotatable bonds is 5. The zero-order chi connectivity index (χ0) is 16.2. The van der Waals surface area contributed by atoms with E-state index in [2.05, 4.69) is 39.5 Å². The average molecular weight is 360 g/mol. The van der Waals surface area contributed by atoms with Crippen LogP contribution in [0.1, 0.15) is 24.0 Å². The van der Waals surface area contributed by atoms with Gasteiger partial charge in [0.2, 0.25) is 0 Å². The number of benzene rings is 1. The molecule has 2 aliphatic rings. The molecule has 2 aromatic rings. The highest BCUT2D eigenvalue weighted by Gasteiger charge is 2.40. The Bertz CT molecular complexity index is 674. The number of nitrogens with one attached hydrogen (secondary N) is 1. The van der Waals surface area contributed by atoms with Crippen molar-refractivity contribution in [3.63, 3.8) is 0 Å². The summed E-state index contributed by atoms with van der Waals surface area (Å²) in [5.41, 5.74) is 2.90. The van der Waals surface area contributed by atoms with Crippen molar-refractivity contribution in [1.82, 2.24) is 15.2 Å². The number of pyridine rings is 1. The molecule has 134 valence electrons. The third kappa shape index (κ3) is 4.32. The molecule has 3 heterocycles. The Hall–Kier alpha value is -1.62. The molecule has 4 nitrogen and oxygen atoms in total. The summed E-state index contributed by atoms with van der Waals surface area (Å²) in [4.78, 5) is 6.73. The summed E-state index contributed by atoms with van der Waals surface area (Å²) < 4.78 is 6.07. The quantitative estimate of drug-likeness (QED) is 0.889. The molecule has 25 heavy (non-hydrogen) atoms. The van der Waals surface area contributed by atoms with Crippen LogP contribution in [0.4, 0.5) is 0 Å². The Morgan fingerprint density at radius 2 is 2.08 bits per heavy atom. The van der Waals surface area contributed by atoms with Gasteiger partial charge in [0, 0.05) is 43.2 Å². The molecule has 1 aromatic heterocycles. The summed E-state index contributed by atoms with van der Waals surface area (Å²) in [6.07, 6.45) is 6.29. The van der Waals surface area contributed by atoms with E-state index in [4.69, 9.17) is 4.74 Å². The zero-order valence-electron chi connectivity index (χ0n) is 14.5. The van der Waals surface area contributed by atoms with Gasteiger partial charge in [0.15, 0.2) is 0 Å². The molecule has 0 aliphatic carbocycles. The van der Waals surface area contributed by atoms with E-state index >= 15 is 0 Å². The first-order valence-electron chi connectivity index (χ1n) is 8.86. The van der Waals surface area contributed by atoms with Gasteiger partial charge in [-0.3, -0.25) is 9.88 Å². The Labute approximate surface area is 156 Å². The number of hydrogen-bond donors (Lipinski definition) is 1. The molecule has 0 bridgehead atoms. The summed E-state index contributed by atoms with van der Waals surface area (Å²) in [6.45, 7) is 6.31. The van der Waals surface area contributed by atoms with Crippen molar-refractivity contribution < 1.29 is 4.74 Å². The van der Waals surface area contributed by atoms with Crippen LogP contribution in [0.15, 0.2) is 48.8 Å². The first kappa shape index (κ1) is 18.2. The fraction of sp³-hybridized carbons (Fsp3) is 0.450. The van der Waals surface area contributed by atoms with E-state index in [0.717, 1.165) is 17.9 Å². The van der Waals surface area contributed by atoms with Gasteiger partial charge in [-0.2, -0.15) is 0 Å². The van der Waals surface area contributed by atoms with Gasteiger partial charge in [0.25, 0.3) is 0 Å². The summed E-state index contributed by atoms with van der Waals surface area (Å²) in [5.74, 6) is 0.992. The molecule has 2 fully saturated rings. The number of para-hydroxylation sites is 1. The summed E-state index contributed by atoms with van der Waals surface area (Å²) in [6, 6.07) is 12.4. The second-order valence-corrected chi connectivity index (χ2v) is 7.15. The molecule has 0 saturated carbocycles. The molecule has 0 radical (unpaired) electrons. The van der Waals surface area contributed by atoms with Gasteiger partial charge >= 0.3 is 0 Å². The minimum absolute atomic E-state index is 0.